The van der Waals surface area contributed by atoms with E-state index >= 15 is 0 Å². The number of ether oxygens (including phenoxy) is 1. The summed E-state index contributed by atoms with van der Waals surface area (Å²) in [7, 11) is 0. The first kappa shape index (κ1) is 14.3. The first-order valence-electron chi connectivity index (χ1n) is 6.53. The number of carbonyl (C=O) groups is 1. The van der Waals surface area contributed by atoms with E-state index in [1.54, 1.807) is 0 Å². The number of nitrogens with one attached hydrogen (secondary N) is 2. The van der Waals surface area contributed by atoms with Crippen LogP contribution in [0.25, 0.3) is 0 Å². The van der Waals surface area contributed by atoms with Gasteiger partial charge in [-0.05, 0) is 37.5 Å². The summed E-state index contributed by atoms with van der Waals surface area (Å²) >= 11 is 3.47. The fraction of sp³-hybridized carbons (Fsp3) is 0.500. The van der Waals surface area contributed by atoms with E-state index < -0.39 is 0 Å². The molecule has 0 spiro atoms. The van der Waals surface area contributed by atoms with Gasteiger partial charge >= 0.3 is 0 Å². The van der Waals surface area contributed by atoms with E-state index in [9.17, 15) is 4.79 Å². The quantitative estimate of drug-likeness (QED) is 0.873. The van der Waals surface area contributed by atoms with Crippen LogP contribution in [0.4, 0.5) is 5.69 Å². The van der Waals surface area contributed by atoms with Crippen molar-refractivity contribution >= 4 is 27.5 Å². The highest BCUT2D eigenvalue weighted by molar-refractivity contribution is 9.10. The van der Waals surface area contributed by atoms with E-state index in [1.165, 1.54) is 5.56 Å². The van der Waals surface area contributed by atoms with Crippen LogP contribution in [0.15, 0.2) is 22.7 Å². The predicted octanol–water partition coefficient (Wildman–Crippen LogP) is 2.46. The summed E-state index contributed by atoms with van der Waals surface area (Å²) in [6.45, 7) is 3.73. The summed E-state index contributed by atoms with van der Waals surface area (Å²) in [5, 5.41) is 5.99. The molecule has 1 fully saturated rings. The fourth-order valence-corrected chi connectivity index (χ4v) is 2.36. The van der Waals surface area contributed by atoms with Crippen molar-refractivity contribution < 1.29 is 9.53 Å². The van der Waals surface area contributed by atoms with E-state index in [0.29, 0.717) is 6.54 Å². The minimum Gasteiger partial charge on any atom is -0.376 e. The molecular formula is C14H19BrN2O2. The van der Waals surface area contributed by atoms with Crippen LogP contribution in [0.3, 0.4) is 0 Å². The molecule has 1 aromatic rings. The molecule has 0 aromatic heterocycles. The van der Waals surface area contributed by atoms with Crippen molar-refractivity contribution in [1.29, 1.82) is 0 Å². The van der Waals surface area contributed by atoms with Crippen LogP contribution >= 0.6 is 15.9 Å². The zero-order chi connectivity index (χ0) is 13.7. The molecule has 1 atom stereocenters. The Morgan fingerprint density at radius 2 is 2.37 bits per heavy atom. The van der Waals surface area contributed by atoms with Gasteiger partial charge in [-0.15, -0.1) is 0 Å². The van der Waals surface area contributed by atoms with Crippen molar-refractivity contribution in [3.05, 3.63) is 28.2 Å². The summed E-state index contributed by atoms with van der Waals surface area (Å²) in [6.07, 6.45) is 2.33. The third-order valence-corrected chi connectivity index (χ3v) is 4.03. The highest BCUT2D eigenvalue weighted by Gasteiger charge is 2.15. The molecule has 1 aromatic carbocycles. The van der Waals surface area contributed by atoms with Crippen LogP contribution in [0, 0.1) is 6.92 Å². The highest BCUT2D eigenvalue weighted by atomic mass is 79.9. The highest BCUT2D eigenvalue weighted by Crippen LogP contribution is 2.20. The predicted molar refractivity (Wildman–Crippen MR) is 79.4 cm³/mol. The minimum absolute atomic E-state index is 0.00722. The lowest BCUT2D eigenvalue weighted by Gasteiger charge is -2.12. The average molecular weight is 327 g/mol. The van der Waals surface area contributed by atoms with Crippen molar-refractivity contribution in [2.75, 3.05) is 25.0 Å². The van der Waals surface area contributed by atoms with E-state index in [1.807, 2.05) is 25.1 Å². The van der Waals surface area contributed by atoms with E-state index in [4.69, 9.17) is 4.74 Å². The maximum atomic E-state index is 11.7. The monoisotopic (exact) mass is 326 g/mol. The van der Waals surface area contributed by atoms with Gasteiger partial charge in [-0.1, -0.05) is 22.0 Å². The zero-order valence-electron chi connectivity index (χ0n) is 11.0. The lowest BCUT2D eigenvalue weighted by atomic mass is 10.2. The Morgan fingerprint density at radius 1 is 1.53 bits per heavy atom. The molecule has 1 aliphatic heterocycles. The third kappa shape index (κ3) is 4.51. The summed E-state index contributed by atoms with van der Waals surface area (Å²) in [5.74, 6) is -0.00722. The molecule has 0 radical (unpaired) electrons. The molecule has 104 valence electrons. The fourth-order valence-electron chi connectivity index (χ4n) is 1.98. The van der Waals surface area contributed by atoms with Crippen LogP contribution in [0.1, 0.15) is 18.4 Å². The van der Waals surface area contributed by atoms with E-state index in [-0.39, 0.29) is 18.6 Å². The van der Waals surface area contributed by atoms with Crippen LogP contribution in [0.2, 0.25) is 0 Å². The number of halogens is 1. The Kier molecular flexibility index (Phi) is 5.22. The maximum absolute atomic E-state index is 11.7. The number of amides is 1. The van der Waals surface area contributed by atoms with E-state index in [0.717, 1.165) is 29.6 Å². The Hall–Kier alpha value is -1.07. The molecule has 1 unspecified atom stereocenters. The molecule has 1 heterocycles. The molecule has 19 heavy (non-hydrogen) atoms. The Balaban J connectivity index is 1.71. The molecule has 0 aliphatic carbocycles. The summed E-state index contributed by atoms with van der Waals surface area (Å²) in [6, 6.07) is 5.95. The van der Waals surface area contributed by atoms with Gasteiger partial charge in [0.2, 0.25) is 5.91 Å². The standard InChI is InChI=1S/C14H19BrN2O2/c1-10-4-5-11(7-13(10)15)16-9-14(18)17-8-12-3-2-6-19-12/h4-5,7,12,16H,2-3,6,8-9H2,1H3,(H,17,18). The summed E-state index contributed by atoms with van der Waals surface area (Å²) < 4.78 is 6.49. The maximum Gasteiger partial charge on any atom is 0.239 e. The van der Waals surface area contributed by atoms with Crippen molar-refractivity contribution in [1.82, 2.24) is 5.32 Å². The second-order valence-corrected chi connectivity index (χ2v) is 5.61. The number of benzene rings is 1. The molecule has 4 nitrogen and oxygen atoms in total. The lowest BCUT2D eigenvalue weighted by Crippen LogP contribution is -2.35. The van der Waals surface area contributed by atoms with Crippen molar-refractivity contribution in [3.63, 3.8) is 0 Å². The number of hydrogen-bond donors (Lipinski definition) is 2. The van der Waals surface area contributed by atoms with Gasteiger partial charge in [0.1, 0.15) is 0 Å². The minimum atomic E-state index is -0.00722. The van der Waals surface area contributed by atoms with Gasteiger partial charge in [-0.2, -0.15) is 0 Å². The van der Waals surface area contributed by atoms with Gasteiger partial charge in [0, 0.05) is 23.3 Å². The van der Waals surface area contributed by atoms with Gasteiger partial charge in [-0.3, -0.25) is 4.79 Å². The summed E-state index contributed by atoms with van der Waals surface area (Å²) in [5.41, 5.74) is 2.11. The van der Waals surface area contributed by atoms with Crippen molar-refractivity contribution in [3.8, 4) is 0 Å². The van der Waals surface area contributed by atoms with E-state index in [2.05, 4.69) is 26.6 Å². The van der Waals surface area contributed by atoms with Crippen LogP contribution in [-0.4, -0.2) is 31.7 Å². The Labute approximate surface area is 122 Å². The van der Waals surface area contributed by atoms with Gasteiger partial charge in [0.15, 0.2) is 0 Å². The third-order valence-electron chi connectivity index (χ3n) is 3.18. The number of rotatable bonds is 5. The number of aryl methyl sites for hydroxylation is 1. The SMILES string of the molecule is Cc1ccc(NCC(=O)NCC2CCCO2)cc1Br. The molecular weight excluding hydrogens is 308 g/mol. The Morgan fingerprint density at radius 3 is 3.05 bits per heavy atom. The molecule has 1 aliphatic rings. The number of carbonyl (C=O) groups excluding carboxylic acids is 1. The van der Waals surface area contributed by atoms with Gasteiger partial charge < -0.3 is 15.4 Å². The van der Waals surface area contributed by atoms with Gasteiger partial charge in [-0.25, -0.2) is 0 Å². The zero-order valence-corrected chi connectivity index (χ0v) is 12.6. The van der Waals surface area contributed by atoms with Crippen LogP contribution < -0.4 is 10.6 Å². The van der Waals surface area contributed by atoms with Crippen LogP contribution in [-0.2, 0) is 9.53 Å². The van der Waals surface area contributed by atoms with Crippen molar-refractivity contribution in [2.45, 2.75) is 25.9 Å². The van der Waals surface area contributed by atoms with Gasteiger partial charge in [0.05, 0.1) is 12.6 Å². The molecule has 1 saturated heterocycles. The topological polar surface area (TPSA) is 50.4 Å². The first-order valence-corrected chi connectivity index (χ1v) is 7.33. The Bertz CT molecular complexity index is 445. The molecule has 2 rings (SSSR count). The van der Waals surface area contributed by atoms with Gasteiger partial charge in [0.25, 0.3) is 0 Å². The average Bonchev–Trinajstić information content (AvgIpc) is 2.91. The molecule has 1 amide bonds. The largest absolute Gasteiger partial charge is 0.376 e. The second kappa shape index (κ2) is 6.91. The number of anilines is 1. The molecule has 0 bridgehead atoms. The van der Waals surface area contributed by atoms with Crippen molar-refractivity contribution in [2.24, 2.45) is 0 Å². The van der Waals surface area contributed by atoms with Crippen LogP contribution in [0.5, 0.6) is 0 Å². The molecule has 2 N–H and O–H groups in total. The summed E-state index contributed by atoms with van der Waals surface area (Å²) in [4.78, 5) is 11.7. The number of hydrogen-bond acceptors (Lipinski definition) is 3. The molecule has 5 heteroatoms. The normalized spacial score (nSPS) is 18.3. The smallest absolute Gasteiger partial charge is 0.239 e. The molecule has 0 saturated carbocycles. The first-order chi connectivity index (χ1) is 9.15. The lowest BCUT2D eigenvalue weighted by molar-refractivity contribution is -0.119. The second-order valence-electron chi connectivity index (χ2n) is 4.76.